The summed E-state index contributed by atoms with van der Waals surface area (Å²) in [5, 5.41) is 0. The maximum Gasteiger partial charge on any atom is -0.0115 e. The highest BCUT2D eigenvalue weighted by atomic mass is 14.1. The second-order valence-corrected chi connectivity index (χ2v) is 2.99. The number of allylic oxidation sites excluding steroid dienone is 3. The van der Waals surface area contributed by atoms with E-state index >= 15 is 0 Å². The van der Waals surface area contributed by atoms with Gasteiger partial charge in [-0.15, -0.1) is 0 Å². The van der Waals surface area contributed by atoms with Crippen LogP contribution in [-0.4, -0.2) is 0 Å². The first kappa shape index (κ1) is 7.35. The minimum Gasteiger partial charge on any atom is -0.0769 e. The van der Waals surface area contributed by atoms with Crippen LogP contribution < -0.4 is 0 Å². The Kier molecular flexibility index (Phi) is 1.83. The molecule has 0 saturated heterocycles. The van der Waals surface area contributed by atoms with E-state index in [2.05, 4.69) is 49.4 Å². The van der Waals surface area contributed by atoms with Gasteiger partial charge in [0.2, 0.25) is 0 Å². The fourth-order valence-electron chi connectivity index (χ4n) is 1.57. The van der Waals surface area contributed by atoms with E-state index in [-0.39, 0.29) is 0 Å². The Morgan fingerprint density at radius 2 is 2.00 bits per heavy atom. The van der Waals surface area contributed by atoms with Crippen molar-refractivity contribution in [3.8, 4) is 0 Å². The molecule has 0 unspecified atom stereocenters. The Morgan fingerprint density at radius 3 is 2.83 bits per heavy atom. The molecule has 0 atom stereocenters. The van der Waals surface area contributed by atoms with Gasteiger partial charge < -0.3 is 0 Å². The van der Waals surface area contributed by atoms with E-state index in [0.717, 1.165) is 6.42 Å². The number of hydrogen-bond acceptors (Lipinski definition) is 0. The maximum absolute atomic E-state index is 2.27. The highest BCUT2D eigenvalue weighted by Gasteiger charge is 2.07. The summed E-state index contributed by atoms with van der Waals surface area (Å²) in [6.45, 7) is 2.17. The molecule has 1 aliphatic carbocycles. The molecule has 0 heteroatoms. The predicted molar refractivity (Wildman–Crippen MR) is 53.7 cm³/mol. The Hall–Kier alpha value is -1.30. The highest BCUT2D eigenvalue weighted by Crippen LogP contribution is 2.28. The number of hydrogen-bond donors (Lipinski definition) is 0. The normalized spacial score (nSPS) is 16.9. The van der Waals surface area contributed by atoms with Gasteiger partial charge in [0.05, 0.1) is 0 Å². The topological polar surface area (TPSA) is 0 Å². The first-order valence-corrected chi connectivity index (χ1v) is 4.39. The molecule has 0 fully saturated rings. The summed E-state index contributed by atoms with van der Waals surface area (Å²) in [7, 11) is 0. The minimum absolute atomic E-state index is 1.11. The van der Waals surface area contributed by atoms with Crippen LogP contribution in [0.4, 0.5) is 0 Å². The molecule has 0 aliphatic heterocycles. The average molecular weight is 156 g/mol. The van der Waals surface area contributed by atoms with Crippen LogP contribution in [0.25, 0.3) is 11.6 Å². The number of rotatable bonds is 1. The van der Waals surface area contributed by atoms with Crippen molar-refractivity contribution in [3.05, 3.63) is 47.5 Å². The summed E-state index contributed by atoms with van der Waals surface area (Å²) >= 11 is 0. The molecule has 60 valence electrons. The van der Waals surface area contributed by atoms with Crippen LogP contribution in [0, 0.1) is 0 Å². The fraction of sp³-hybridized carbons (Fsp3) is 0.167. The van der Waals surface area contributed by atoms with Crippen molar-refractivity contribution in [3.63, 3.8) is 0 Å². The zero-order valence-corrected chi connectivity index (χ0v) is 7.25. The lowest BCUT2D eigenvalue weighted by atomic mass is 10.1. The summed E-state index contributed by atoms with van der Waals surface area (Å²) < 4.78 is 0. The van der Waals surface area contributed by atoms with E-state index in [4.69, 9.17) is 0 Å². The molecule has 0 bridgehead atoms. The van der Waals surface area contributed by atoms with Crippen LogP contribution in [0.5, 0.6) is 0 Å². The Balaban J connectivity index is 2.49. The zero-order valence-electron chi connectivity index (χ0n) is 7.25. The van der Waals surface area contributed by atoms with Gasteiger partial charge in [-0.05, 0) is 23.1 Å². The molecule has 0 saturated carbocycles. The largest absolute Gasteiger partial charge is 0.0769 e. The van der Waals surface area contributed by atoms with Gasteiger partial charge >= 0.3 is 0 Å². The van der Waals surface area contributed by atoms with Crippen molar-refractivity contribution >= 4 is 11.6 Å². The summed E-state index contributed by atoms with van der Waals surface area (Å²) in [6, 6.07) is 8.51. The van der Waals surface area contributed by atoms with E-state index < -0.39 is 0 Å². The standard InChI is InChI=1S/C12H12/c1-2-5-10-8-9-11-6-3-4-7-12(10)11/h3-9H,2H2,1H3. The number of benzene rings is 1. The monoisotopic (exact) mass is 156 g/mol. The Labute approximate surface area is 73.2 Å². The second kappa shape index (κ2) is 2.98. The lowest BCUT2D eigenvalue weighted by Crippen LogP contribution is -1.78. The average Bonchev–Trinajstić information content (AvgIpc) is 2.50. The van der Waals surface area contributed by atoms with Gasteiger partial charge in [0, 0.05) is 0 Å². The Morgan fingerprint density at radius 1 is 1.17 bits per heavy atom. The Bertz CT molecular complexity index is 343. The van der Waals surface area contributed by atoms with Crippen LogP contribution in [0.15, 0.2) is 36.4 Å². The lowest BCUT2D eigenvalue weighted by molar-refractivity contribution is 1.23. The summed E-state index contributed by atoms with van der Waals surface area (Å²) in [6.07, 6.45) is 7.74. The third-order valence-corrected chi connectivity index (χ3v) is 2.14. The van der Waals surface area contributed by atoms with Gasteiger partial charge in [0.15, 0.2) is 0 Å². The van der Waals surface area contributed by atoms with Gasteiger partial charge in [-0.3, -0.25) is 0 Å². The van der Waals surface area contributed by atoms with Crippen molar-refractivity contribution in [2.24, 2.45) is 0 Å². The van der Waals surface area contributed by atoms with Crippen molar-refractivity contribution in [1.29, 1.82) is 0 Å². The van der Waals surface area contributed by atoms with Gasteiger partial charge in [-0.1, -0.05) is 49.4 Å². The molecular formula is C12H12. The third kappa shape index (κ3) is 1.10. The molecule has 0 amide bonds. The summed E-state index contributed by atoms with van der Waals surface area (Å²) in [5.74, 6) is 0. The summed E-state index contributed by atoms with van der Waals surface area (Å²) in [4.78, 5) is 0. The van der Waals surface area contributed by atoms with Crippen LogP contribution in [-0.2, 0) is 0 Å². The van der Waals surface area contributed by atoms with Crippen LogP contribution in [0.1, 0.15) is 24.5 Å². The molecule has 0 spiro atoms. The predicted octanol–water partition coefficient (Wildman–Crippen LogP) is 3.51. The molecule has 1 aromatic rings. The highest BCUT2D eigenvalue weighted by molar-refractivity contribution is 5.89. The summed E-state index contributed by atoms with van der Waals surface area (Å²) in [5.41, 5.74) is 4.09. The molecule has 0 nitrogen and oxygen atoms in total. The van der Waals surface area contributed by atoms with E-state index in [1.807, 2.05) is 0 Å². The SMILES string of the molecule is CCC=C1C=Cc2ccccc21. The first-order valence-electron chi connectivity index (χ1n) is 4.39. The fourth-order valence-corrected chi connectivity index (χ4v) is 1.57. The molecule has 0 N–H and O–H groups in total. The molecule has 0 radical (unpaired) electrons. The first-order chi connectivity index (χ1) is 5.92. The van der Waals surface area contributed by atoms with Crippen LogP contribution in [0.3, 0.4) is 0 Å². The lowest BCUT2D eigenvalue weighted by Gasteiger charge is -1.98. The number of fused-ring (bicyclic) bond motifs is 1. The molecule has 2 rings (SSSR count). The van der Waals surface area contributed by atoms with E-state index in [1.165, 1.54) is 16.7 Å². The van der Waals surface area contributed by atoms with Gasteiger partial charge in [-0.2, -0.15) is 0 Å². The second-order valence-electron chi connectivity index (χ2n) is 2.99. The minimum atomic E-state index is 1.11. The van der Waals surface area contributed by atoms with Crippen molar-refractivity contribution in [2.75, 3.05) is 0 Å². The zero-order chi connectivity index (χ0) is 8.39. The van der Waals surface area contributed by atoms with Gasteiger partial charge in [-0.25, -0.2) is 0 Å². The molecular weight excluding hydrogens is 144 g/mol. The van der Waals surface area contributed by atoms with Crippen LogP contribution >= 0.6 is 0 Å². The van der Waals surface area contributed by atoms with Crippen molar-refractivity contribution < 1.29 is 0 Å². The van der Waals surface area contributed by atoms with E-state index in [9.17, 15) is 0 Å². The molecule has 12 heavy (non-hydrogen) atoms. The molecule has 0 heterocycles. The van der Waals surface area contributed by atoms with E-state index in [0.29, 0.717) is 0 Å². The third-order valence-electron chi connectivity index (χ3n) is 2.14. The van der Waals surface area contributed by atoms with Crippen molar-refractivity contribution in [1.82, 2.24) is 0 Å². The van der Waals surface area contributed by atoms with Gasteiger partial charge in [0.1, 0.15) is 0 Å². The smallest absolute Gasteiger partial charge is 0.0115 e. The molecule has 0 aromatic heterocycles. The van der Waals surface area contributed by atoms with Gasteiger partial charge in [0.25, 0.3) is 0 Å². The van der Waals surface area contributed by atoms with E-state index in [1.54, 1.807) is 0 Å². The van der Waals surface area contributed by atoms with Crippen LogP contribution in [0.2, 0.25) is 0 Å². The quantitative estimate of drug-likeness (QED) is 0.583. The molecule has 1 aromatic carbocycles. The van der Waals surface area contributed by atoms with Crippen molar-refractivity contribution in [2.45, 2.75) is 13.3 Å². The maximum atomic E-state index is 2.27. The molecule has 1 aliphatic rings.